The minimum Gasteiger partial charge on any atom is -0.435 e. The van der Waals surface area contributed by atoms with Crippen LogP contribution in [-0.4, -0.2) is 9.55 Å². The highest BCUT2D eigenvalue weighted by Crippen LogP contribution is 2.41. The number of nitrogens with zero attached hydrogens (tertiary/aromatic N) is 3. The first-order chi connectivity index (χ1) is 25.3. The van der Waals surface area contributed by atoms with E-state index in [2.05, 4.69) is 161 Å². The molecule has 0 radical (unpaired) electrons. The summed E-state index contributed by atoms with van der Waals surface area (Å²) in [5.41, 5.74) is 11.6. The third kappa shape index (κ3) is 4.88. The number of hydrogen-bond donors (Lipinski definition) is 0. The maximum absolute atomic E-state index is 6.48. The molecule has 0 saturated carbocycles. The van der Waals surface area contributed by atoms with E-state index in [1.54, 1.807) is 0 Å². The van der Waals surface area contributed by atoms with Crippen LogP contribution in [0.2, 0.25) is 0 Å². The molecular weight excluding hydrogens is 623 g/mol. The number of benzene rings is 8. The van der Waals surface area contributed by atoms with E-state index in [-0.39, 0.29) is 0 Å². The van der Waals surface area contributed by atoms with Crippen LogP contribution in [-0.2, 0) is 0 Å². The molecule has 2 heterocycles. The number of oxazole rings is 1. The Balaban J connectivity index is 1.11. The number of hydrogen-bond acceptors (Lipinski definition) is 3. The number of anilines is 3. The third-order valence-corrected chi connectivity index (χ3v) is 9.80. The Hall–Kier alpha value is -6.91. The van der Waals surface area contributed by atoms with Crippen molar-refractivity contribution in [1.29, 1.82) is 0 Å². The first kappa shape index (κ1) is 29.0. The summed E-state index contributed by atoms with van der Waals surface area (Å²) in [6.07, 6.45) is 0. The molecule has 0 bridgehead atoms. The van der Waals surface area contributed by atoms with Gasteiger partial charge in [0.05, 0.1) is 11.0 Å². The van der Waals surface area contributed by atoms with Gasteiger partial charge in [0.15, 0.2) is 5.58 Å². The molecule has 4 heteroatoms. The van der Waals surface area contributed by atoms with Crippen molar-refractivity contribution in [3.63, 3.8) is 0 Å². The lowest BCUT2D eigenvalue weighted by atomic mass is 9.97. The van der Waals surface area contributed by atoms with Gasteiger partial charge in [-0.25, -0.2) is 4.98 Å². The van der Waals surface area contributed by atoms with Crippen LogP contribution in [0.5, 0.6) is 0 Å². The van der Waals surface area contributed by atoms with Crippen molar-refractivity contribution in [2.75, 3.05) is 4.90 Å². The maximum atomic E-state index is 6.48. The van der Waals surface area contributed by atoms with Crippen LogP contribution in [0.25, 0.3) is 71.9 Å². The lowest BCUT2D eigenvalue weighted by Crippen LogP contribution is -2.10. The second-order valence-corrected chi connectivity index (χ2v) is 12.8. The fraction of sp³-hybridized carbons (Fsp3) is 0. The number of fused-ring (bicyclic) bond motifs is 6. The highest BCUT2D eigenvalue weighted by molar-refractivity contribution is 6.12. The van der Waals surface area contributed by atoms with E-state index < -0.39 is 0 Å². The van der Waals surface area contributed by atoms with Gasteiger partial charge >= 0.3 is 0 Å². The van der Waals surface area contributed by atoms with Gasteiger partial charge in [-0.15, -0.1) is 0 Å². The molecule has 8 aromatic carbocycles. The maximum Gasteiger partial charge on any atom is 0.227 e. The average Bonchev–Trinajstić information content (AvgIpc) is 3.79. The van der Waals surface area contributed by atoms with Crippen LogP contribution in [0.15, 0.2) is 192 Å². The van der Waals surface area contributed by atoms with E-state index in [1.165, 1.54) is 21.8 Å². The summed E-state index contributed by atoms with van der Waals surface area (Å²) in [4.78, 5) is 7.19. The van der Waals surface area contributed by atoms with Gasteiger partial charge in [-0.1, -0.05) is 115 Å². The molecule has 0 aliphatic heterocycles. The molecule has 240 valence electrons. The van der Waals surface area contributed by atoms with Crippen molar-refractivity contribution in [3.8, 4) is 28.3 Å². The number of aromatic nitrogens is 2. The molecule has 0 aliphatic carbocycles. The van der Waals surface area contributed by atoms with E-state index >= 15 is 0 Å². The first-order valence-electron chi connectivity index (χ1n) is 17.2. The van der Waals surface area contributed by atoms with Crippen LogP contribution in [0.4, 0.5) is 17.1 Å². The molecule has 0 N–H and O–H groups in total. The standard InChI is InChI=1S/C47H31N3O/c1-4-13-34(14-5-1)47-48-42-30-25-33-15-12-21-39(45(33)46(42)51-47)32-23-26-37(27-24-32)49(35-16-6-2-7-17-35)38-28-29-41-40-20-10-11-22-43(40)50(44(41)31-38)36-18-8-3-9-19-36/h1-31H. The Morgan fingerprint density at radius 1 is 0.471 bits per heavy atom. The van der Waals surface area contributed by atoms with Gasteiger partial charge < -0.3 is 13.9 Å². The summed E-state index contributed by atoms with van der Waals surface area (Å²) in [6, 6.07) is 66.2. The Bertz CT molecular complexity index is 2840. The van der Waals surface area contributed by atoms with E-state index in [0.29, 0.717) is 5.89 Å². The molecule has 4 nitrogen and oxygen atoms in total. The Morgan fingerprint density at radius 2 is 1.14 bits per heavy atom. The highest BCUT2D eigenvalue weighted by atomic mass is 16.3. The summed E-state index contributed by atoms with van der Waals surface area (Å²) < 4.78 is 8.85. The van der Waals surface area contributed by atoms with Gasteiger partial charge in [0.2, 0.25) is 5.89 Å². The topological polar surface area (TPSA) is 34.2 Å². The second kappa shape index (κ2) is 11.9. The second-order valence-electron chi connectivity index (χ2n) is 12.8. The zero-order valence-corrected chi connectivity index (χ0v) is 27.6. The van der Waals surface area contributed by atoms with E-state index in [1.807, 2.05) is 36.4 Å². The van der Waals surface area contributed by atoms with Crippen LogP contribution in [0, 0.1) is 0 Å². The molecule has 0 aliphatic rings. The molecule has 0 amide bonds. The third-order valence-electron chi connectivity index (χ3n) is 9.80. The lowest BCUT2D eigenvalue weighted by molar-refractivity contribution is 0.623. The molecule has 10 aromatic rings. The van der Waals surface area contributed by atoms with Crippen LogP contribution in [0.3, 0.4) is 0 Å². The van der Waals surface area contributed by atoms with Crippen LogP contribution < -0.4 is 4.90 Å². The van der Waals surface area contributed by atoms with Crippen molar-refractivity contribution in [3.05, 3.63) is 188 Å². The van der Waals surface area contributed by atoms with Gasteiger partial charge in [0.1, 0.15) is 5.52 Å². The normalized spacial score (nSPS) is 11.5. The van der Waals surface area contributed by atoms with Gasteiger partial charge in [0.25, 0.3) is 0 Å². The number of rotatable bonds is 6. The van der Waals surface area contributed by atoms with Gasteiger partial charge in [-0.2, -0.15) is 0 Å². The zero-order chi connectivity index (χ0) is 33.7. The van der Waals surface area contributed by atoms with Gasteiger partial charge in [0, 0.05) is 44.5 Å². The van der Waals surface area contributed by atoms with Crippen LogP contribution in [0.1, 0.15) is 0 Å². The molecular formula is C47H31N3O. The summed E-state index contributed by atoms with van der Waals surface area (Å²) in [5.74, 6) is 0.630. The summed E-state index contributed by atoms with van der Waals surface area (Å²) >= 11 is 0. The molecule has 0 saturated heterocycles. The predicted octanol–water partition coefficient (Wildman–Crippen LogP) is 12.9. The van der Waals surface area contributed by atoms with Crippen LogP contribution >= 0.6 is 0 Å². The van der Waals surface area contributed by atoms with Crippen molar-refractivity contribution >= 4 is 60.7 Å². The zero-order valence-electron chi connectivity index (χ0n) is 27.6. The van der Waals surface area contributed by atoms with E-state index in [4.69, 9.17) is 9.40 Å². The summed E-state index contributed by atoms with van der Waals surface area (Å²) in [5, 5.41) is 4.65. The molecule has 51 heavy (non-hydrogen) atoms. The molecule has 0 unspecified atom stereocenters. The fourth-order valence-corrected chi connectivity index (χ4v) is 7.47. The predicted molar refractivity (Wildman–Crippen MR) is 211 cm³/mol. The summed E-state index contributed by atoms with van der Waals surface area (Å²) in [7, 11) is 0. The Morgan fingerprint density at radius 3 is 1.94 bits per heavy atom. The Kier molecular flexibility index (Phi) is 6.78. The van der Waals surface area contributed by atoms with Crippen molar-refractivity contribution in [2.24, 2.45) is 0 Å². The molecule has 0 fully saturated rings. The SMILES string of the molecule is c1ccc(-c2nc3ccc4cccc(-c5ccc(N(c6ccccc6)c6ccc7c8ccccc8n(-c8ccccc8)c7c6)cc5)c4c3o2)cc1. The Labute approximate surface area is 295 Å². The number of para-hydroxylation sites is 3. The van der Waals surface area contributed by atoms with Crippen molar-refractivity contribution in [1.82, 2.24) is 9.55 Å². The van der Waals surface area contributed by atoms with Gasteiger partial charge in [-0.3, -0.25) is 0 Å². The van der Waals surface area contributed by atoms with E-state index in [0.717, 1.165) is 61.3 Å². The lowest BCUT2D eigenvalue weighted by Gasteiger charge is -2.26. The van der Waals surface area contributed by atoms with Gasteiger partial charge in [-0.05, 0) is 89.3 Å². The average molecular weight is 654 g/mol. The van der Waals surface area contributed by atoms with Crippen molar-refractivity contribution < 1.29 is 4.42 Å². The minimum atomic E-state index is 0.630. The fourth-order valence-electron chi connectivity index (χ4n) is 7.47. The highest BCUT2D eigenvalue weighted by Gasteiger charge is 2.19. The minimum absolute atomic E-state index is 0.630. The molecule has 2 aromatic heterocycles. The van der Waals surface area contributed by atoms with E-state index in [9.17, 15) is 0 Å². The van der Waals surface area contributed by atoms with Crippen molar-refractivity contribution in [2.45, 2.75) is 0 Å². The monoisotopic (exact) mass is 653 g/mol. The summed E-state index contributed by atoms with van der Waals surface area (Å²) in [6.45, 7) is 0. The largest absolute Gasteiger partial charge is 0.435 e. The molecule has 10 rings (SSSR count). The first-order valence-corrected chi connectivity index (χ1v) is 17.2. The molecule has 0 spiro atoms. The molecule has 0 atom stereocenters. The smallest absolute Gasteiger partial charge is 0.227 e. The quantitative estimate of drug-likeness (QED) is 0.179.